The first-order valence-corrected chi connectivity index (χ1v) is 44.5. The van der Waals surface area contributed by atoms with E-state index in [1.807, 2.05) is 27.7 Å². The van der Waals surface area contributed by atoms with E-state index in [9.17, 15) is 151 Å². The molecule has 0 amide bonds. The van der Waals surface area contributed by atoms with E-state index < -0.39 is 153 Å². The average molecular weight is 2100 g/mol. The summed E-state index contributed by atoms with van der Waals surface area (Å²) < 4.78 is 404. The molecule has 4 atom stereocenters. The lowest BCUT2D eigenvalue weighted by atomic mass is 9.84. The lowest BCUT2D eigenvalue weighted by molar-refractivity contribution is -0.276. The highest BCUT2D eigenvalue weighted by Gasteiger charge is 2.42. The fourth-order valence-corrected chi connectivity index (χ4v) is 16.0. The number of benzene rings is 12. The normalized spacial score (nSPS) is 13.2. The number of hydrogen-bond donors (Lipinski definition) is 0. The number of allylic oxidation sites excluding steroid dienone is 1. The van der Waals surface area contributed by atoms with Gasteiger partial charge in [0, 0.05) is 23.7 Å². The average Bonchev–Trinajstić information content (AvgIpc) is 0.779. The van der Waals surface area contributed by atoms with E-state index in [0.717, 1.165) is 66.2 Å². The smallest absolute Gasteiger partial charge is 0.403 e. The number of ketones is 4. The lowest BCUT2D eigenvalue weighted by Crippen LogP contribution is -2.17. The van der Waals surface area contributed by atoms with E-state index >= 15 is 0 Å². The molecule has 146 heavy (non-hydrogen) atoms. The van der Waals surface area contributed by atoms with Crippen molar-refractivity contribution >= 4 is 34.7 Å². The van der Waals surface area contributed by atoms with Crippen LogP contribution >= 0.6 is 11.6 Å². The van der Waals surface area contributed by atoms with Crippen LogP contribution in [-0.4, -0.2) is 35.9 Å². The SMILES string of the molecule is C=C(C)CC(C(C)=O)c1cc(-c2ccc(C(F)(F)F)cc2)cc(-c2ccc(C(F)(F)F)cc2)c1.CC(=O)C(CC(C)C)c1cc(-c2cc(C(F)(F)F)cc(C(F)(F)F)c2)cc(-c2ccc(Cl)c(F)c2)c1.CC(=O)C(CC(C)C)c1cc(-c2cc(C(F)(F)F)cc(C(F)(F)F)c2)cc(-c2ccc(OC(F)(F)F)c(F)c2)c1.CC(=O)C(CC(C)C)c1cc(-c2ccc(C(F)(F)F)cc2)cc(-c2ccc(OC(F)(F)F)c(F)c2)c1. The van der Waals surface area contributed by atoms with Crippen LogP contribution in [-0.2, 0) is 62.4 Å². The van der Waals surface area contributed by atoms with Crippen molar-refractivity contribution in [2.75, 3.05) is 0 Å². The van der Waals surface area contributed by atoms with Crippen molar-refractivity contribution in [2.24, 2.45) is 17.8 Å². The first kappa shape index (κ1) is 116. The zero-order valence-corrected chi connectivity index (χ0v) is 79.5. The van der Waals surface area contributed by atoms with Gasteiger partial charge in [-0.25, -0.2) is 13.2 Å². The fraction of sp³-hybridized carbons (Fsp3) is 0.284. The molecule has 0 aromatic heterocycles. The van der Waals surface area contributed by atoms with E-state index in [2.05, 4.69) is 16.1 Å². The second-order valence-electron chi connectivity index (χ2n) is 35.9. The van der Waals surface area contributed by atoms with Crippen molar-refractivity contribution < 1.29 is 160 Å². The van der Waals surface area contributed by atoms with Gasteiger partial charge in [0.25, 0.3) is 0 Å². The van der Waals surface area contributed by atoms with Gasteiger partial charge < -0.3 is 9.47 Å². The highest BCUT2D eigenvalue weighted by molar-refractivity contribution is 6.30. The van der Waals surface area contributed by atoms with Gasteiger partial charge in [0.1, 0.15) is 29.0 Å². The molecule has 0 heterocycles. The quantitative estimate of drug-likeness (QED) is 0.0397. The van der Waals surface area contributed by atoms with Crippen LogP contribution in [0.25, 0.3) is 89.0 Å². The minimum Gasteiger partial charge on any atom is -0.403 e. The summed E-state index contributed by atoms with van der Waals surface area (Å²) in [6, 6.07) is 43.5. The van der Waals surface area contributed by atoms with Crippen molar-refractivity contribution in [3.05, 3.63) is 332 Å². The Balaban J connectivity index is 0.000000217. The van der Waals surface area contributed by atoms with Crippen LogP contribution in [0.3, 0.4) is 0 Å². The number of ether oxygens (including phenoxy) is 2. The minimum absolute atomic E-state index is 0.0276. The molecule has 0 aliphatic heterocycles. The maximum absolute atomic E-state index is 14.5. The summed E-state index contributed by atoms with van der Waals surface area (Å²) >= 11 is 5.76. The van der Waals surface area contributed by atoms with Crippen LogP contribution < -0.4 is 9.47 Å². The molecule has 6 nitrogen and oxygen atoms in total. The van der Waals surface area contributed by atoms with Crippen LogP contribution in [0.1, 0.15) is 187 Å². The Morgan fingerprint density at radius 3 is 0.644 bits per heavy atom. The molecule has 12 rings (SSSR count). The Morgan fingerprint density at radius 2 is 0.445 bits per heavy atom. The van der Waals surface area contributed by atoms with Gasteiger partial charge in [-0.2, -0.15) is 92.2 Å². The second-order valence-corrected chi connectivity index (χ2v) is 36.3. The van der Waals surface area contributed by atoms with Crippen molar-refractivity contribution in [1.82, 2.24) is 0 Å². The maximum atomic E-state index is 14.5. The van der Waals surface area contributed by atoms with Gasteiger partial charge in [-0.1, -0.05) is 162 Å². The zero-order chi connectivity index (χ0) is 109. The number of rotatable bonds is 26. The Kier molecular flexibility index (Phi) is 36.9. The standard InChI is InChI=1S/C28H22F10O2.C27H22ClF7O.C27H23F7O2.C27H22F6O/c1-14(2)6-23(15(3)39)20-8-17(16-4-5-25(24(29)12-16)40-28(36,37)38)7-18(9-20)19-10-21(26(30,31)32)13-22(11-19)27(33,34)35;1-14(2)6-23(15(3)36)20-8-17(16-4-5-24(28)25(29)12-16)7-18(9-20)19-10-21(26(30,31)32)13-22(11-19)27(33,34)35;1-15(2)10-23(16(3)35)21-12-19(17-4-7-22(8-5-17)26(29,30)31)11-20(13-21)18-6-9-25(24(28)14-18)36-27(32,33)34;1-16(2)12-25(17(3)34)22-14-20(18-4-8-23(9-5-18)26(28,29)30)13-21(15-22)19-6-10-24(11-7-19)27(31,32)33/h4-5,7-14,23H,6H2,1-3H3;4-5,7-14,23H,6H2,1-3H3;4-9,11-15,23H,10H2,1-3H3;4-11,13-15,25H,1,12H2,2-3H3. The first-order valence-electron chi connectivity index (χ1n) is 44.2. The molecule has 12 aromatic carbocycles. The minimum atomic E-state index is -5.18. The molecular weight excluding hydrogens is 2010 g/mol. The van der Waals surface area contributed by atoms with Gasteiger partial charge in [0.15, 0.2) is 23.1 Å². The van der Waals surface area contributed by atoms with Gasteiger partial charge in [-0.3, -0.25) is 19.2 Å². The Hall–Kier alpha value is -13.2. The Morgan fingerprint density at radius 1 is 0.247 bits per heavy atom. The highest BCUT2D eigenvalue weighted by atomic mass is 35.5. The van der Waals surface area contributed by atoms with Crippen molar-refractivity contribution in [3.63, 3.8) is 0 Å². The van der Waals surface area contributed by atoms with E-state index in [4.69, 9.17) is 11.6 Å². The number of halogens is 31. The third kappa shape index (κ3) is 32.7. The Labute approximate surface area is 823 Å². The van der Waals surface area contributed by atoms with Crippen LogP contribution in [0, 0.1) is 35.2 Å². The topological polar surface area (TPSA) is 86.7 Å². The summed E-state index contributed by atoms with van der Waals surface area (Å²) in [5.74, 6) is -8.69. The molecule has 0 fully saturated rings. The third-order valence-electron chi connectivity index (χ3n) is 22.8. The second kappa shape index (κ2) is 46.3. The van der Waals surface area contributed by atoms with Crippen LogP contribution in [0.2, 0.25) is 5.02 Å². The van der Waals surface area contributed by atoms with Gasteiger partial charge in [0.2, 0.25) is 0 Å². The number of carbonyl (C=O) groups is 4. The molecule has 778 valence electrons. The predicted octanol–water partition coefficient (Wildman–Crippen LogP) is 36.9. The molecule has 0 radical (unpaired) electrons. The molecule has 0 saturated heterocycles. The molecule has 0 N–H and O–H groups in total. The molecular formula is C109H89ClF30O6. The molecule has 0 aliphatic carbocycles. The van der Waals surface area contributed by atoms with E-state index in [1.54, 1.807) is 63.2 Å². The first-order chi connectivity index (χ1) is 67.2. The molecule has 0 spiro atoms. The van der Waals surface area contributed by atoms with Crippen molar-refractivity contribution in [3.8, 4) is 101 Å². The maximum Gasteiger partial charge on any atom is 0.573 e. The number of hydrogen-bond acceptors (Lipinski definition) is 6. The third-order valence-corrected chi connectivity index (χ3v) is 23.1. The largest absolute Gasteiger partial charge is 0.573 e. The van der Waals surface area contributed by atoms with Crippen LogP contribution in [0.5, 0.6) is 11.5 Å². The summed E-state index contributed by atoms with van der Waals surface area (Å²) in [5.41, 5.74) is -2.58. The number of alkyl halides is 27. The summed E-state index contributed by atoms with van der Waals surface area (Å²) in [6.07, 6.45) is -42.4. The molecule has 37 heteroatoms. The summed E-state index contributed by atoms with van der Waals surface area (Å²) in [5, 5.41) is -0.149. The predicted molar refractivity (Wildman–Crippen MR) is 494 cm³/mol. The molecule has 0 bridgehead atoms. The van der Waals surface area contributed by atoms with Crippen molar-refractivity contribution in [1.29, 1.82) is 0 Å². The molecule has 12 aromatic rings. The molecule has 0 aliphatic rings. The summed E-state index contributed by atoms with van der Waals surface area (Å²) in [6.45, 7) is 22.4. The molecule has 0 saturated carbocycles. The highest BCUT2D eigenvalue weighted by Crippen LogP contribution is 2.48. The van der Waals surface area contributed by atoms with Gasteiger partial charge in [-0.05, 0) is 323 Å². The van der Waals surface area contributed by atoms with Gasteiger partial charge >= 0.3 is 56.0 Å². The number of carbonyl (C=O) groups excluding carboxylic acids is 4. The van der Waals surface area contributed by atoms with Crippen LogP contribution in [0.4, 0.5) is 132 Å². The van der Waals surface area contributed by atoms with Gasteiger partial charge in [0.05, 0.1) is 44.0 Å². The van der Waals surface area contributed by atoms with E-state index in [0.29, 0.717) is 122 Å². The van der Waals surface area contributed by atoms with Crippen molar-refractivity contribution in [2.45, 2.75) is 181 Å². The summed E-state index contributed by atoms with van der Waals surface area (Å²) in [7, 11) is 0. The van der Waals surface area contributed by atoms with Gasteiger partial charge in [-0.15, -0.1) is 32.9 Å². The Bertz CT molecular complexity index is 6530. The van der Waals surface area contributed by atoms with E-state index in [-0.39, 0.29) is 103 Å². The zero-order valence-electron chi connectivity index (χ0n) is 78.8. The lowest BCUT2D eigenvalue weighted by Gasteiger charge is -2.20. The van der Waals surface area contributed by atoms with Crippen LogP contribution in [0.15, 0.2) is 249 Å². The van der Waals surface area contributed by atoms with E-state index in [1.165, 1.54) is 113 Å². The molecule has 4 unspecified atom stereocenters. The monoisotopic (exact) mass is 2100 g/mol. The summed E-state index contributed by atoms with van der Waals surface area (Å²) in [4.78, 5) is 49.8. The number of Topliss-reactive ketones (excluding diaryl/α,β-unsaturated/α-hetero) is 4. The fourth-order valence-electron chi connectivity index (χ4n) is 15.9.